The van der Waals surface area contributed by atoms with E-state index in [1.54, 1.807) is 6.92 Å². The van der Waals surface area contributed by atoms with Gasteiger partial charge in [-0.2, -0.15) is 13.2 Å². The Hall–Kier alpha value is -4.35. The molecular weight excluding hydrogens is 532 g/mol. The second-order valence-electron chi connectivity index (χ2n) is 6.98. The lowest BCUT2D eigenvalue weighted by atomic mass is 10.1. The molecule has 1 atom stereocenters. The van der Waals surface area contributed by atoms with Crippen LogP contribution in [0.2, 0.25) is 0 Å². The number of alkyl halides is 3. The molecule has 0 saturated carbocycles. The predicted octanol–water partition coefficient (Wildman–Crippen LogP) is 0.351. The second kappa shape index (κ2) is 12.6. The molecule has 0 saturated heterocycles. The van der Waals surface area contributed by atoms with Crippen molar-refractivity contribution in [2.24, 2.45) is 22.4 Å². The summed E-state index contributed by atoms with van der Waals surface area (Å²) >= 11 is 0. The van der Waals surface area contributed by atoms with Crippen molar-refractivity contribution in [1.29, 1.82) is 0 Å². The molecule has 0 spiro atoms. The SMILES string of the molecule is Cc1ccc(NS(=O)(=O)c2ccc(F)cc2)c(=O)n1C(CCON=C(N)N)C(N)=O.O=C(O)C(F)(F)F. The van der Waals surface area contributed by atoms with Crippen molar-refractivity contribution in [3.63, 3.8) is 0 Å². The van der Waals surface area contributed by atoms with E-state index in [1.807, 2.05) is 0 Å². The van der Waals surface area contributed by atoms with Gasteiger partial charge in [0.15, 0.2) is 0 Å². The van der Waals surface area contributed by atoms with Gasteiger partial charge in [-0.1, -0.05) is 0 Å². The fourth-order valence-corrected chi connectivity index (χ4v) is 3.67. The van der Waals surface area contributed by atoms with Crippen LogP contribution in [0, 0.1) is 12.7 Å². The number of anilines is 1. The summed E-state index contributed by atoms with van der Waals surface area (Å²) in [6.45, 7) is 1.41. The topological polar surface area (TPSA) is 222 Å². The van der Waals surface area contributed by atoms with Gasteiger partial charge in [0.05, 0.1) is 4.90 Å². The average molecular weight is 554 g/mol. The summed E-state index contributed by atoms with van der Waals surface area (Å²) in [5.74, 6) is -4.53. The molecule has 37 heavy (non-hydrogen) atoms. The molecule has 0 fully saturated rings. The fourth-order valence-electron chi connectivity index (χ4n) is 2.61. The summed E-state index contributed by atoms with van der Waals surface area (Å²) in [6, 6.07) is 5.60. The van der Waals surface area contributed by atoms with Crippen LogP contribution in [-0.4, -0.2) is 48.7 Å². The highest BCUT2D eigenvalue weighted by atomic mass is 32.2. The molecular formula is C19H22F4N6O7S. The first kappa shape index (κ1) is 30.7. The van der Waals surface area contributed by atoms with Gasteiger partial charge in [0.1, 0.15) is 24.2 Å². The summed E-state index contributed by atoms with van der Waals surface area (Å²) in [5, 5.41) is 10.4. The lowest BCUT2D eigenvalue weighted by molar-refractivity contribution is -0.192. The van der Waals surface area contributed by atoms with E-state index in [4.69, 9.17) is 31.9 Å². The first-order valence-electron chi connectivity index (χ1n) is 9.78. The van der Waals surface area contributed by atoms with Gasteiger partial charge in [-0.3, -0.25) is 18.9 Å². The number of sulfonamides is 1. The van der Waals surface area contributed by atoms with Crippen LogP contribution in [0.15, 0.2) is 51.2 Å². The standard InChI is InChI=1S/C17H21FN6O5S.C2HF3O2/c1-10-2-7-13(23-30(27,28)12-5-3-11(18)4-6-12)16(26)24(10)14(15(19)25)8-9-29-22-17(20)21;3-2(4,5)1(6)7/h2-7,14,23H,8-9H2,1H3,(H2,19,25)(H4,20,21,22);(H,6,7). The van der Waals surface area contributed by atoms with Gasteiger partial charge in [0, 0.05) is 12.1 Å². The number of hydrogen-bond donors (Lipinski definition) is 5. The third-order valence-corrected chi connectivity index (χ3v) is 5.61. The minimum Gasteiger partial charge on any atom is -0.475 e. The van der Waals surface area contributed by atoms with E-state index in [2.05, 4.69) is 9.88 Å². The monoisotopic (exact) mass is 554 g/mol. The number of oxime groups is 1. The number of rotatable bonds is 9. The van der Waals surface area contributed by atoms with Crippen molar-refractivity contribution < 1.29 is 45.5 Å². The number of halogens is 4. The van der Waals surface area contributed by atoms with Crippen molar-refractivity contribution >= 4 is 33.5 Å². The van der Waals surface area contributed by atoms with Crippen molar-refractivity contribution in [2.45, 2.75) is 30.5 Å². The van der Waals surface area contributed by atoms with E-state index in [0.717, 1.165) is 28.8 Å². The highest BCUT2D eigenvalue weighted by Crippen LogP contribution is 2.18. The molecule has 0 aliphatic carbocycles. The number of amides is 1. The Balaban J connectivity index is 0.000000856. The number of carbonyl (C=O) groups is 2. The lowest BCUT2D eigenvalue weighted by Gasteiger charge is -2.20. The van der Waals surface area contributed by atoms with Gasteiger partial charge in [0.2, 0.25) is 11.9 Å². The number of nitrogens with one attached hydrogen (secondary N) is 1. The Morgan fingerprint density at radius 2 is 1.68 bits per heavy atom. The molecule has 0 aliphatic heterocycles. The molecule has 204 valence electrons. The van der Waals surface area contributed by atoms with Crippen LogP contribution in [0.4, 0.5) is 23.2 Å². The first-order valence-corrected chi connectivity index (χ1v) is 11.3. The van der Waals surface area contributed by atoms with Crippen molar-refractivity contribution in [2.75, 3.05) is 11.3 Å². The normalized spacial score (nSPS) is 11.9. The number of primary amides is 1. The molecule has 13 nitrogen and oxygen atoms in total. The van der Waals surface area contributed by atoms with E-state index in [1.165, 1.54) is 12.1 Å². The number of nitrogens with two attached hydrogens (primary N) is 3. The maximum atomic E-state index is 13.1. The van der Waals surface area contributed by atoms with Crippen LogP contribution in [0.1, 0.15) is 18.2 Å². The Labute approximate surface area is 206 Å². The van der Waals surface area contributed by atoms with Crippen LogP contribution < -0.4 is 27.5 Å². The summed E-state index contributed by atoms with van der Waals surface area (Å²) in [4.78, 5) is 38.3. The van der Waals surface area contributed by atoms with E-state index in [9.17, 15) is 35.6 Å². The molecule has 1 aromatic heterocycles. The Bertz CT molecular complexity index is 1310. The molecule has 18 heteroatoms. The second-order valence-corrected chi connectivity index (χ2v) is 8.66. The van der Waals surface area contributed by atoms with Crippen LogP contribution in [-0.2, 0) is 24.4 Å². The molecule has 2 rings (SSSR count). The Morgan fingerprint density at radius 3 is 2.14 bits per heavy atom. The molecule has 8 N–H and O–H groups in total. The third kappa shape index (κ3) is 9.32. The molecule has 2 aromatic rings. The minimum absolute atomic E-state index is 0.0545. The summed E-state index contributed by atoms with van der Waals surface area (Å²) in [5.41, 5.74) is 14.9. The average Bonchev–Trinajstić information content (AvgIpc) is 2.77. The molecule has 0 aliphatic rings. The van der Waals surface area contributed by atoms with Crippen LogP contribution in [0.5, 0.6) is 0 Å². The van der Waals surface area contributed by atoms with Gasteiger partial charge in [-0.25, -0.2) is 17.6 Å². The molecule has 1 unspecified atom stereocenters. The summed E-state index contributed by atoms with van der Waals surface area (Å²) in [6.07, 6.45) is -5.14. The summed E-state index contributed by atoms with van der Waals surface area (Å²) in [7, 11) is -4.17. The molecule has 0 bridgehead atoms. The number of aliphatic carboxylic acids is 1. The number of hydrogen-bond acceptors (Lipinski definition) is 7. The van der Waals surface area contributed by atoms with E-state index in [0.29, 0.717) is 5.69 Å². The van der Waals surface area contributed by atoms with Gasteiger partial charge in [-0.15, -0.1) is 0 Å². The molecule has 0 radical (unpaired) electrons. The van der Waals surface area contributed by atoms with E-state index < -0.39 is 45.5 Å². The number of benzene rings is 1. The largest absolute Gasteiger partial charge is 0.490 e. The lowest BCUT2D eigenvalue weighted by Crippen LogP contribution is -2.37. The number of aromatic nitrogens is 1. The Kier molecular flexibility index (Phi) is 10.4. The summed E-state index contributed by atoms with van der Waals surface area (Å²) < 4.78 is 73.0. The van der Waals surface area contributed by atoms with Crippen molar-refractivity contribution in [3.05, 3.63) is 58.3 Å². The van der Waals surface area contributed by atoms with Crippen molar-refractivity contribution in [3.8, 4) is 0 Å². The Morgan fingerprint density at radius 1 is 1.14 bits per heavy atom. The number of pyridine rings is 1. The third-order valence-electron chi connectivity index (χ3n) is 4.22. The zero-order valence-electron chi connectivity index (χ0n) is 18.9. The smallest absolute Gasteiger partial charge is 0.475 e. The highest BCUT2D eigenvalue weighted by Gasteiger charge is 2.38. The molecule has 1 amide bonds. The highest BCUT2D eigenvalue weighted by molar-refractivity contribution is 7.92. The van der Waals surface area contributed by atoms with Gasteiger partial charge >= 0.3 is 12.1 Å². The quantitative estimate of drug-likeness (QED) is 0.0947. The predicted molar refractivity (Wildman–Crippen MR) is 121 cm³/mol. The molecule has 1 aromatic carbocycles. The van der Waals surface area contributed by atoms with Crippen LogP contribution >= 0.6 is 0 Å². The molecule has 1 heterocycles. The zero-order chi connectivity index (χ0) is 28.6. The van der Waals surface area contributed by atoms with E-state index in [-0.39, 0.29) is 29.6 Å². The van der Waals surface area contributed by atoms with Crippen molar-refractivity contribution in [1.82, 2.24) is 4.57 Å². The van der Waals surface area contributed by atoms with Gasteiger partial charge < -0.3 is 27.1 Å². The fraction of sp³-hybridized carbons (Fsp3) is 0.263. The van der Waals surface area contributed by atoms with Gasteiger partial charge in [-0.05, 0) is 48.5 Å². The first-order chi connectivity index (χ1) is 17.0. The van der Waals surface area contributed by atoms with E-state index >= 15 is 0 Å². The van der Waals surface area contributed by atoms with Crippen LogP contribution in [0.25, 0.3) is 0 Å². The number of carbonyl (C=O) groups excluding carboxylic acids is 1. The number of aryl methyl sites for hydroxylation is 1. The maximum absolute atomic E-state index is 13.1. The number of carboxylic acid groups (broad SMARTS) is 1. The number of nitrogens with zero attached hydrogens (tertiary/aromatic N) is 2. The minimum atomic E-state index is -5.08. The maximum Gasteiger partial charge on any atom is 0.490 e. The van der Waals surface area contributed by atoms with Crippen LogP contribution in [0.3, 0.4) is 0 Å². The number of guanidine groups is 1. The number of carboxylic acids is 1. The zero-order valence-corrected chi connectivity index (χ0v) is 19.7. The van der Waals surface area contributed by atoms with Gasteiger partial charge in [0.25, 0.3) is 15.6 Å².